The molecular weight excluding hydrogens is 296 g/mol. The van der Waals surface area contributed by atoms with Gasteiger partial charge in [0.25, 0.3) is 5.91 Å². The molecule has 0 bridgehead atoms. The van der Waals surface area contributed by atoms with E-state index in [2.05, 4.69) is 15.8 Å². The lowest BCUT2D eigenvalue weighted by molar-refractivity contribution is -0.119. The molecule has 18 heavy (non-hydrogen) atoms. The van der Waals surface area contributed by atoms with E-state index in [1.54, 1.807) is 0 Å². The van der Waals surface area contributed by atoms with Gasteiger partial charge in [0.15, 0.2) is 0 Å². The number of hydrogen-bond donors (Lipinski definition) is 2. The molecule has 0 radical (unpaired) electrons. The summed E-state index contributed by atoms with van der Waals surface area (Å²) in [7, 11) is 0. The number of alkyl halides is 3. The highest BCUT2D eigenvalue weighted by Gasteiger charge is 2.15. The molecular formula is C11H12Cl3N3O. The average molecular weight is 309 g/mol. The van der Waals surface area contributed by atoms with Crippen molar-refractivity contribution in [2.75, 3.05) is 11.9 Å². The highest BCUT2D eigenvalue weighted by molar-refractivity contribution is 6.74. The molecule has 0 aromatic heterocycles. The molecule has 1 aromatic carbocycles. The van der Waals surface area contributed by atoms with Gasteiger partial charge in [0.2, 0.25) is 3.79 Å². The first-order chi connectivity index (χ1) is 8.37. The molecule has 0 saturated carbocycles. The predicted octanol–water partition coefficient (Wildman–Crippen LogP) is 2.88. The summed E-state index contributed by atoms with van der Waals surface area (Å²) in [5.74, 6) is -0.332. The molecule has 1 aromatic rings. The van der Waals surface area contributed by atoms with Crippen molar-refractivity contribution in [1.29, 1.82) is 0 Å². The topological polar surface area (TPSA) is 53.5 Å². The Morgan fingerprint density at radius 1 is 1.33 bits per heavy atom. The van der Waals surface area contributed by atoms with E-state index in [1.165, 1.54) is 0 Å². The van der Waals surface area contributed by atoms with Crippen molar-refractivity contribution in [3.8, 4) is 0 Å². The smallest absolute Gasteiger partial charge is 0.259 e. The highest BCUT2D eigenvalue weighted by Crippen LogP contribution is 2.22. The lowest BCUT2D eigenvalue weighted by atomic mass is 10.2. The molecule has 0 fully saturated rings. The van der Waals surface area contributed by atoms with Gasteiger partial charge in [-0.25, -0.2) is 5.43 Å². The Hall–Kier alpha value is -0.970. The van der Waals surface area contributed by atoms with Gasteiger partial charge < -0.3 is 5.32 Å². The maximum absolute atomic E-state index is 11.4. The van der Waals surface area contributed by atoms with Crippen LogP contribution in [0.25, 0.3) is 0 Å². The first-order valence-corrected chi connectivity index (χ1v) is 6.20. The summed E-state index contributed by atoms with van der Waals surface area (Å²) in [6, 6.07) is 7.66. The van der Waals surface area contributed by atoms with Crippen molar-refractivity contribution in [2.45, 2.75) is 10.7 Å². The summed E-state index contributed by atoms with van der Waals surface area (Å²) in [6.45, 7) is 2.07. The van der Waals surface area contributed by atoms with Crippen molar-refractivity contribution in [3.05, 3.63) is 29.8 Å². The molecule has 0 saturated heterocycles. The van der Waals surface area contributed by atoms with Crippen LogP contribution in [-0.4, -0.2) is 22.5 Å². The first-order valence-electron chi connectivity index (χ1n) is 5.07. The zero-order valence-corrected chi connectivity index (χ0v) is 11.9. The number of anilines is 1. The minimum atomic E-state index is -1.61. The zero-order valence-electron chi connectivity index (χ0n) is 9.58. The number of amides is 1. The Morgan fingerprint density at radius 3 is 2.50 bits per heavy atom. The van der Waals surface area contributed by atoms with E-state index >= 15 is 0 Å². The summed E-state index contributed by atoms with van der Waals surface area (Å²) in [6.07, 6.45) is 1.02. The Bertz CT molecular complexity index is 426. The Morgan fingerprint density at radius 2 is 1.94 bits per heavy atom. The SMILES string of the molecule is Cc1ccc(NCC(=O)N/N=C\C(Cl)(Cl)Cl)cc1. The molecule has 0 aliphatic rings. The zero-order chi connectivity index (χ0) is 13.6. The van der Waals surface area contributed by atoms with Gasteiger partial charge in [-0.05, 0) is 19.1 Å². The van der Waals surface area contributed by atoms with Gasteiger partial charge >= 0.3 is 0 Å². The van der Waals surface area contributed by atoms with Crippen molar-refractivity contribution < 1.29 is 4.79 Å². The Balaban J connectivity index is 2.33. The van der Waals surface area contributed by atoms with E-state index in [0.717, 1.165) is 17.5 Å². The number of carbonyl (C=O) groups is 1. The lowest BCUT2D eigenvalue weighted by Crippen LogP contribution is -2.26. The van der Waals surface area contributed by atoms with Gasteiger partial charge in [0.05, 0.1) is 12.8 Å². The molecule has 0 aliphatic heterocycles. The van der Waals surface area contributed by atoms with Gasteiger partial charge in [-0.3, -0.25) is 4.79 Å². The van der Waals surface area contributed by atoms with E-state index in [9.17, 15) is 4.79 Å². The molecule has 0 spiro atoms. The van der Waals surface area contributed by atoms with Crippen LogP contribution < -0.4 is 10.7 Å². The third-order valence-electron chi connectivity index (χ3n) is 1.90. The van der Waals surface area contributed by atoms with E-state index in [1.807, 2.05) is 31.2 Å². The fourth-order valence-electron chi connectivity index (χ4n) is 1.07. The minimum absolute atomic E-state index is 0.0836. The number of nitrogens with one attached hydrogen (secondary N) is 2. The van der Waals surface area contributed by atoms with Gasteiger partial charge in [-0.2, -0.15) is 5.10 Å². The molecule has 1 amide bonds. The van der Waals surface area contributed by atoms with Crippen LogP contribution in [0.4, 0.5) is 5.69 Å². The second-order valence-electron chi connectivity index (χ2n) is 3.55. The molecule has 0 atom stereocenters. The molecule has 7 heteroatoms. The number of halogens is 3. The third-order valence-corrected chi connectivity index (χ3v) is 2.20. The highest BCUT2D eigenvalue weighted by atomic mass is 35.6. The van der Waals surface area contributed by atoms with Crippen LogP contribution in [0.3, 0.4) is 0 Å². The number of carbonyl (C=O) groups excluding carboxylic acids is 1. The fourth-order valence-corrected chi connectivity index (χ4v) is 1.22. The van der Waals surface area contributed by atoms with E-state index in [4.69, 9.17) is 34.8 Å². The molecule has 98 valence electrons. The second kappa shape index (κ2) is 6.83. The van der Waals surface area contributed by atoms with Crippen LogP contribution in [0.2, 0.25) is 0 Å². The lowest BCUT2D eigenvalue weighted by Gasteiger charge is -2.06. The minimum Gasteiger partial charge on any atom is -0.376 e. The van der Waals surface area contributed by atoms with Gasteiger partial charge in [-0.1, -0.05) is 52.5 Å². The maximum Gasteiger partial charge on any atom is 0.259 e. The summed E-state index contributed by atoms with van der Waals surface area (Å²) >= 11 is 16.3. The predicted molar refractivity (Wildman–Crippen MR) is 76.6 cm³/mol. The van der Waals surface area contributed by atoms with Crippen LogP contribution in [0.5, 0.6) is 0 Å². The summed E-state index contributed by atoms with van der Waals surface area (Å²) in [5.41, 5.74) is 4.23. The molecule has 4 nitrogen and oxygen atoms in total. The largest absolute Gasteiger partial charge is 0.376 e. The Kier molecular flexibility index (Phi) is 5.72. The fraction of sp³-hybridized carbons (Fsp3) is 0.273. The molecule has 0 aliphatic carbocycles. The van der Waals surface area contributed by atoms with Crippen molar-refractivity contribution in [1.82, 2.24) is 5.43 Å². The number of benzene rings is 1. The van der Waals surface area contributed by atoms with Gasteiger partial charge in [0.1, 0.15) is 0 Å². The van der Waals surface area contributed by atoms with Crippen LogP contribution in [0, 0.1) is 6.92 Å². The van der Waals surface area contributed by atoms with Gasteiger partial charge in [0, 0.05) is 5.69 Å². The van der Waals surface area contributed by atoms with E-state index in [0.29, 0.717) is 0 Å². The van der Waals surface area contributed by atoms with Crippen LogP contribution in [-0.2, 0) is 4.79 Å². The number of nitrogens with zero attached hydrogens (tertiary/aromatic N) is 1. The summed E-state index contributed by atoms with van der Waals surface area (Å²) < 4.78 is -1.61. The number of hydrazone groups is 1. The average Bonchev–Trinajstić information content (AvgIpc) is 2.26. The van der Waals surface area contributed by atoms with Crippen molar-refractivity contribution in [3.63, 3.8) is 0 Å². The standard InChI is InChI=1S/C11H12Cl3N3O/c1-8-2-4-9(5-3-8)15-6-10(18)17-16-7-11(12,13)14/h2-5,7,15H,6H2,1H3,(H,17,18)/b16-7-. The van der Waals surface area contributed by atoms with Crippen molar-refractivity contribution in [2.24, 2.45) is 5.10 Å². The Labute approximate surface area is 120 Å². The molecule has 2 N–H and O–H groups in total. The van der Waals surface area contributed by atoms with Crippen LogP contribution in [0.1, 0.15) is 5.56 Å². The van der Waals surface area contributed by atoms with E-state index in [-0.39, 0.29) is 12.5 Å². The van der Waals surface area contributed by atoms with Gasteiger partial charge in [-0.15, -0.1) is 0 Å². The van der Waals surface area contributed by atoms with E-state index < -0.39 is 3.79 Å². The number of aryl methyl sites for hydroxylation is 1. The summed E-state index contributed by atoms with van der Waals surface area (Å²) in [4.78, 5) is 11.4. The summed E-state index contributed by atoms with van der Waals surface area (Å²) in [5, 5.41) is 6.44. The number of hydrogen-bond acceptors (Lipinski definition) is 3. The molecule has 0 unspecified atom stereocenters. The maximum atomic E-state index is 11.4. The molecule has 1 rings (SSSR count). The third kappa shape index (κ3) is 6.69. The normalized spacial score (nSPS) is 11.6. The number of rotatable bonds is 4. The van der Waals surface area contributed by atoms with Crippen molar-refractivity contribution >= 4 is 52.6 Å². The quantitative estimate of drug-likeness (QED) is 0.510. The second-order valence-corrected chi connectivity index (χ2v) is 5.92. The first kappa shape index (κ1) is 15.1. The van der Waals surface area contributed by atoms with Crippen LogP contribution >= 0.6 is 34.8 Å². The monoisotopic (exact) mass is 307 g/mol. The van der Waals surface area contributed by atoms with Crippen LogP contribution in [0.15, 0.2) is 29.4 Å². The molecule has 0 heterocycles.